The minimum Gasteiger partial charge on any atom is -0.327 e. The standard InChI is InChI=1S/C11H12BrN3O/c1-15(8-4-7-13)11(16)14-10-6-3-2-5-9(10)12/h2-3,5-6H,4,8H2,1H3,(H,14,16). The van der Waals surface area contributed by atoms with E-state index in [4.69, 9.17) is 5.26 Å². The fourth-order valence-electron chi connectivity index (χ4n) is 1.09. The fourth-order valence-corrected chi connectivity index (χ4v) is 1.48. The topological polar surface area (TPSA) is 56.1 Å². The molecule has 0 radical (unpaired) electrons. The Bertz CT molecular complexity index is 414. The van der Waals surface area contributed by atoms with Crippen molar-refractivity contribution in [3.63, 3.8) is 0 Å². The van der Waals surface area contributed by atoms with Gasteiger partial charge in [-0.2, -0.15) is 5.26 Å². The number of halogens is 1. The molecule has 0 aliphatic rings. The third kappa shape index (κ3) is 3.55. The second-order valence-corrected chi connectivity index (χ2v) is 4.09. The van der Waals surface area contributed by atoms with Crippen LogP contribution in [0.2, 0.25) is 0 Å². The number of nitriles is 1. The molecule has 0 aromatic heterocycles. The molecule has 0 spiro atoms. The van der Waals surface area contributed by atoms with Crippen LogP contribution in [0.3, 0.4) is 0 Å². The summed E-state index contributed by atoms with van der Waals surface area (Å²) in [4.78, 5) is 13.1. The van der Waals surface area contributed by atoms with Gasteiger partial charge in [0.15, 0.2) is 0 Å². The normalized spacial score (nSPS) is 9.31. The molecule has 0 aliphatic heterocycles. The van der Waals surface area contributed by atoms with Gasteiger partial charge in [-0.1, -0.05) is 12.1 Å². The first-order chi connectivity index (χ1) is 7.65. The molecule has 0 fully saturated rings. The Morgan fingerprint density at radius 3 is 2.88 bits per heavy atom. The van der Waals surface area contributed by atoms with Crippen LogP contribution >= 0.6 is 15.9 Å². The van der Waals surface area contributed by atoms with Crippen LogP contribution in [-0.4, -0.2) is 24.5 Å². The lowest BCUT2D eigenvalue weighted by Gasteiger charge is -2.16. The lowest BCUT2D eigenvalue weighted by atomic mass is 10.3. The monoisotopic (exact) mass is 281 g/mol. The second-order valence-electron chi connectivity index (χ2n) is 3.24. The van der Waals surface area contributed by atoms with Crippen LogP contribution in [0.25, 0.3) is 0 Å². The van der Waals surface area contributed by atoms with Crippen molar-refractivity contribution in [1.82, 2.24) is 4.90 Å². The molecule has 0 bridgehead atoms. The minimum absolute atomic E-state index is 0.220. The molecule has 0 atom stereocenters. The Balaban J connectivity index is 2.58. The molecule has 0 heterocycles. The first kappa shape index (κ1) is 12.5. The first-order valence-electron chi connectivity index (χ1n) is 4.78. The molecule has 0 unspecified atom stereocenters. The Hall–Kier alpha value is -1.54. The average molecular weight is 282 g/mol. The molecule has 0 aliphatic carbocycles. The summed E-state index contributed by atoms with van der Waals surface area (Å²) in [6, 6.07) is 9.15. The van der Waals surface area contributed by atoms with Crippen molar-refractivity contribution in [2.24, 2.45) is 0 Å². The summed E-state index contributed by atoms with van der Waals surface area (Å²) >= 11 is 3.34. The molecule has 16 heavy (non-hydrogen) atoms. The summed E-state index contributed by atoms with van der Waals surface area (Å²) < 4.78 is 0.831. The molecule has 4 nitrogen and oxygen atoms in total. The largest absolute Gasteiger partial charge is 0.327 e. The molecule has 1 rings (SSSR count). The van der Waals surface area contributed by atoms with Crippen LogP contribution in [0.4, 0.5) is 10.5 Å². The highest BCUT2D eigenvalue weighted by atomic mass is 79.9. The number of amides is 2. The Labute approximate surface area is 103 Å². The predicted molar refractivity (Wildman–Crippen MR) is 66.0 cm³/mol. The van der Waals surface area contributed by atoms with Crippen molar-refractivity contribution in [1.29, 1.82) is 5.26 Å². The lowest BCUT2D eigenvalue weighted by Crippen LogP contribution is -2.32. The number of para-hydroxylation sites is 1. The van der Waals surface area contributed by atoms with Gasteiger partial charge in [0.05, 0.1) is 18.2 Å². The van der Waals surface area contributed by atoms with Gasteiger partial charge in [-0.3, -0.25) is 0 Å². The van der Waals surface area contributed by atoms with Crippen molar-refractivity contribution in [2.75, 3.05) is 18.9 Å². The number of rotatable bonds is 3. The third-order valence-corrected chi connectivity index (χ3v) is 2.71. The van der Waals surface area contributed by atoms with Crippen LogP contribution in [0.5, 0.6) is 0 Å². The summed E-state index contributed by atoms with van der Waals surface area (Å²) in [5.74, 6) is 0. The molecule has 0 saturated carbocycles. The average Bonchev–Trinajstić information content (AvgIpc) is 2.28. The van der Waals surface area contributed by atoms with E-state index in [0.29, 0.717) is 13.0 Å². The van der Waals surface area contributed by atoms with Crippen molar-refractivity contribution >= 4 is 27.6 Å². The highest BCUT2D eigenvalue weighted by Crippen LogP contribution is 2.21. The molecule has 1 aromatic rings. The number of hydrogen-bond donors (Lipinski definition) is 1. The van der Waals surface area contributed by atoms with E-state index in [2.05, 4.69) is 21.2 Å². The summed E-state index contributed by atoms with van der Waals surface area (Å²) in [6.07, 6.45) is 0.333. The van der Waals surface area contributed by atoms with E-state index < -0.39 is 0 Å². The van der Waals surface area contributed by atoms with E-state index in [1.807, 2.05) is 24.3 Å². The molecular formula is C11H12BrN3O. The number of carbonyl (C=O) groups excluding carboxylic acids is 1. The summed E-state index contributed by atoms with van der Waals surface area (Å²) in [5.41, 5.74) is 0.719. The van der Waals surface area contributed by atoms with Crippen molar-refractivity contribution < 1.29 is 4.79 Å². The van der Waals surface area contributed by atoms with Crippen molar-refractivity contribution in [3.8, 4) is 6.07 Å². The van der Waals surface area contributed by atoms with E-state index >= 15 is 0 Å². The van der Waals surface area contributed by atoms with E-state index in [9.17, 15) is 4.79 Å². The van der Waals surface area contributed by atoms with Gasteiger partial charge in [0.1, 0.15) is 0 Å². The molecule has 84 valence electrons. The predicted octanol–water partition coefficient (Wildman–Crippen LogP) is 2.83. The third-order valence-electron chi connectivity index (χ3n) is 2.02. The maximum absolute atomic E-state index is 11.7. The summed E-state index contributed by atoms with van der Waals surface area (Å²) in [7, 11) is 1.66. The zero-order chi connectivity index (χ0) is 12.0. The van der Waals surface area contributed by atoms with Gasteiger partial charge in [0.25, 0.3) is 0 Å². The molecule has 2 amide bonds. The number of benzene rings is 1. The van der Waals surface area contributed by atoms with Gasteiger partial charge in [0.2, 0.25) is 0 Å². The van der Waals surface area contributed by atoms with Gasteiger partial charge >= 0.3 is 6.03 Å². The highest BCUT2D eigenvalue weighted by molar-refractivity contribution is 9.10. The second kappa shape index (κ2) is 6.13. The maximum Gasteiger partial charge on any atom is 0.321 e. The van der Waals surface area contributed by atoms with Gasteiger partial charge in [-0.15, -0.1) is 0 Å². The molecule has 1 N–H and O–H groups in total. The zero-order valence-electron chi connectivity index (χ0n) is 8.90. The van der Waals surface area contributed by atoms with Crippen molar-refractivity contribution in [2.45, 2.75) is 6.42 Å². The van der Waals surface area contributed by atoms with Crippen LogP contribution < -0.4 is 5.32 Å². The molecule has 1 aromatic carbocycles. The van der Waals surface area contributed by atoms with Gasteiger partial charge < -0.3 is 10.2 Å². The highest BCUT2D eigenvalue weighted by Gasteiger charge is 2.09. The zero-order valence-corrected chi connectivity index (χ0v) is 10.5. The van der Waals surface area contributed by atoms with Gasteiger partial charge in [-0.05, 0) is 28.1 Å². The number of hydrogen-bond acceptors (Lipinski definition) is 2. The minimum atomic E-state index is -0.220. The SMILES string of the molecule is CN(CCC#N)C(=O)Nc1ccccc1Br. The maximum atomic E-state index is 11.7. The molecule has 0 saturated heterocycles. The fraction of sp³-hybridized carbons (Fsp3) is 0.273. The quantitative estimate of drug-likeness (QED) is 0.926. The number of urea groups is 1. The summed E-state index contributed by atoms with van der Waals surface area (Å²) in [6.45, 7) is 0.423. The van der Waals surface area contributed by atoms with Crippen LogP contribution in [0, 0.1) is 11.3 Å². The number of nitrogens with zero attached hydrogens (tertiary/aromatic N) is 2. The van der Waals surface area contributed by atoms with E-state index in [1.54, 1.807) is 13.1 Å². The van der Waals surface area contributed by atoms with Crippen LogP contribution in [-0.2, 0) is 0 Å². The smallest absolute Gasteiger partial charge is 0.321 e. The molecule has 5 heteroatoms. The number of anilines is 1. The van der Waals surface area contributed by atoms with E-state index in [1.165, 1.54) is 4.90 Å². The van der Waals surface area contributed by atoms with Crippen LogP contribution in [0.1, 0.15) is 6.42 Å². The number of carbonyl (C=O) groups is 1. The van der Waals surface area contributed by atoms with E-state index in [0.717, 1.165) is 10.2 Å². The lowest BCUT2D eigenvalue weighted by molar-refractivity contribution is 0.223. The van der Waals surface area contributed by atoms with Gasteiger partial charge in [0, 0.05) is 18.1 Å². The Morgan fingerprint density at radius 1 is 1.56 bits per heavy atom. The number of nitrogens with one attached hydrogen (secondary N) is 1. The van der Waals surface area contributed by atoms with E-state index in [-0.39, 0.29) is 6.03 Å². The molecular weight excluding hydrogens is 270 g/mol. The first-order valence-corrected chi connectivity index (χ1v) is 5.58. The van der Waals surface area contributed by atoms with Gasteiger partial charge in [-0.25, -0.2) is 4.79 Å². The Kier molecular flexibility index (Phi) is 4.80. The Morgan fingerprint density at radius 2 is 2.25 bits per heavy atom. The summed E-state index contributed by atoms with van der Waals surface area (Å²) in [5, 5.41) is 11.2. The van der Waals surface area contributed by atoms with Crippen LogP contribution in [0.15, 0.2) is 28.7 Å². The van der Waals surface area contributed by atoms with Crippen molar-refractivity contribution in [3.05, 3.63) is 28.7 Å².